The molecule has 3 unspecified atom stereocenters. The minimum Gasteiger partial charge on any atom is -0.508 e. The van der Waals surface area contributed by atoms with E-state index in [0.29, 0.717) is 0 Å². The van der Waals surface area contributed by atoms with Crippen LogP contribution in [0.4, 0.5) is 0 Å². The summed E-state index contributed by atoms with van der Waals surface area (Å²) in [6.45, 7) is 2.99. The molecule has 0 amide bonds. The molecule has 1 aliphatic rings. The molecular formula is C26H28O11. The summed E-state index contributed by atoms with van der Waals surface area (Å²) >= 11 is 0. The molecule has 2 heterocycles. The Morgan fingerprint density at radius 2 is 1.68 bits per heavy atom. The maximum Gasteiger partial charge on any atom is 0.347 e. The van der Waals surface area contributed by atoms with Crippen LogP contribution >= 0.6 is 0 Å². The Morgan fingerprint density at radius 1 is 1.00 bits per heavy atom. The Balaban J connectivity index is 1.87. The highest BCUT2D eigenvalue weighted by molar-refractivity contribution is 5.96. The summed E-state index contributed by atoms with van der Waals surface area (Å²) < 4.78 is 16.6. The van der Waals surface area contributed by atoms with Crippen molar-refractivity contribution in [3.05, 3.63) is 58.0 Å². The normalized spacial score (nSPS) is 23.7. The number of rotatable bonds is 6. The third kappa shape index (κ3) is 4.99. The van der Waals surface area contributed by atoms with Crippen molar-refractivity contribution in [2.24, 2.45) is 0 Å². The molecule has 0 saturated carbocycles. The number of phenols is 2. The van der Waals surface area contributed by atoms with Crippen molar-refractivity contribution >= 4 is 11.0 Å². The highest BCUT2D eigenvalue weighted by Crippen LogP contribution is 2.44. The SMILES string of the molecule is CC(C)=CCc1c(O[C@@H]2OC(CO)[C@@H](O)C(O)C2O)cc2oc(=O)c(-c3ccc(O)cc3)c(O)c2c1O. The van der Waals surface area contributed by atoms with E-state index in [1.165, 1.54) is 30.3 Å². The summed E-state index contributed by atoms with van der Waals surface area (Å²) in [4.78, 5) is 12.8. The fourth-order valence-electron chi connectivity index (χ4n) is 4.13. The van der Waals surface area contributed by atoms with Gasteiger partial charge in [0.1, 0.15) is 63.9 Å². The van der Waals surface area contributed by atoms with Gasteiger partial charge in [0.05, 0.1) is 6.61 Å². The highest BCUT2D eigenvalue weighted by atomic mass is 16.7. The third-order valence-electron chi connectivity index (χ3n) is 6.17. The van der Waals surface area contributed by atoms with E-state index in [0.717, 1.165) is 5.57 Å². The van der Waals surface area contributed by atoms with Crippen LogP contribution in [0, 0.1) is 0 Å². The van der Waals surface area contributed by atoms with Gasteiger partial charge in [0, 0.05) is 11.6 Å². The topological polar surface area (TPSA) is 190 Å². The van der Waals surface area contributed by atoms with Crippen molar-refractivity contribution in [1.29, 1.82) is 0 Å². The Labute approximate surface area is 210 Å². The Kier molecular flexibility index (Phi) is 7.44. The number of aliphatic hydroxyl groups is 4. The molecule has 0 bridgehead atoms. The van der Waals surface area contributed by atoms with Crippen LogP contribution in [0.15, 0.2) is 51.2 Å². The van der Waals surface area contributed by atoms with E-state index >= 15 is 0 Å². The first-order valence-corrected chi connectivity index (χ1v) is 11.5. The summed E-state index contributed by atoms with van der Waals surface area (Å²) in [5.74, 6) is -1.15. The quantitative estimate of drug-likeness (QED) is 0.184. The maximum absolute atomic E-state index is 12.8. The molecule has 4 rings (SSSR count). The summed E-state index contributed by atoms with van der Waals surface area (Å²) in [6, 6.07) is 6.70. The van der Waals surface area contributed by atoms with Gasteiger partial charge in [-0.1, -0.05) is 23.8 Å². The standard InChI is InChI=1S/C26H28O11/c1-11(2)3-8-14-15(36-26-24(33)23(32)21(30)17(10-27)37-26)9-16-19(20(14)29)22(31)18(25(34)35-16)12-4-6-13(28)7-5-12/h3-7,9,17,21,23-24,26-33H,8,10H2,1-2H3/t17?,21-,23?,24?,26-/m1/s1. The molecule has 198 valence electrons. The second-order valence-electron chi connectivity index (χ2n) is 9.04. The van der Waals surface area contributed by atoms with Crippen LogP contribution in [0.3, 0.4) is 0 Å². The molecule has 1 saturated heterocycles. The first-order chi connectivity index (χ1) is 17.5. The summed E-state index contributed by atoms with van der Waals surface area (Å²) in [7, 11) is 0. The Hall–Kier alpha value is -3.61. The van der Waals surface area contributed by atoms with Crippen molar-refractivity contribution in [2.45, 2.75) is 51.0 Å². The smallest absolute Gasteiger partial charge is 0.347 e. The van der Waals surface area contributed by atoms with Gasteiger partial charge in [0.2, 0.25) is 6.29 Å². The van der Waals surface area contributed by atoms with Gasteiger partial charge in [0.25, 0.3) is 0 Å². The van der Waals surface area contributed by atoms with E-state index in [1.54, 1.807) is 6.08 Å². The van der Waals surface area contributed by atoms with Crippen molar-refractivity contribution in [2.75, 3.05) is 6.61 Å². The largest absolute Gasteiger partial charge is 0.508 e. The molecule has 1 fully saturated rings. The predicted molar refractivity (Wildman–Crippen MR) is 130 cm³/mol. The average Bonchev–Trinajstić information content (AvgIpc) is 2.84. The lowest BCUT2D eigenvalue weighted by atomic mass is 9.98. The van der Waals surface area contributed by atoms with Crippen LogP contribution < -0.4 is 10.4 Å². The number of hydrogen-bond acceptors (Lipinski definition) is 11. The lowest BCUT2D eigenvalue weighted by molar-refractivity contribution is -0.277. The third-order valence-corrected chi connectivity index (χ3v) is 6.17. The summed E-state index contributed by atoms with van der Waals surface area (Å²) in [5, 5.41) is 71.6. The fourth-order valence-corrected chi connectivity index (χ4v) is 4.13. The maximum atomic E-state index is 12.8. The first-order valence-electron chi connectivity index (χ1n) is 11.5. The number of aromatic hydroxyl groups is 3. The van der Waals surface area contributed by atoms with E-state index in [1.807, 2.05) is 13.8 Å². The number of ether oxygens (including phenoxy) is 2. The minimum absolute atomic E-state index is 0.0461. The van der Waals surface area contributed by atoms with Crippen molar-refractivity contribution in [1.82, 2.24) is 0 Å². The number of allylic oxidation sites excluding steroid dienone is 2. The summed E-state index contributed by atoms with van der Waals surface area (Å²) in [6.07, 6.45) is -5.93. The second kappa shape index (κ2) is 10.4. The molecule has 11 heteroatoms. The predicted octanol–water partition coefficient (Wildman–Crippen LogP) is 1.26. The molecule has 5 atom stereocenters. The van der Waals surface area contributed by atoms with Crippen LogP contribution in [-0.2, 0) is 11.2 Å². The molecule has 3 aromatic rings. The molecule has 11 nitrogen and oxygen atoms in total. The van der Waals surface area contributed by atoms with Gasteiger partial charge >= 0.3 is 5.63 Å². The number of fused-ring (bicyclic) bond motifs is 1. The molecule has 0 spiro atoms. The fraction of sp³-hybridized carbons (Fsp3) is 0.346. The molecule has 1 aromatic heterocycles. The Bertz CT molecular complexity index is 1370. The van der Waals surface area contributed by atoms with Crippen LogP contribution in [0.5, 0.6) is 23.0 Å². The first kappa shape index (κ1) is 26.5. The van der Waals surface area contributed by atoms with Crippen molar-refractivity contribution in [3.8, 4) is 34.1 Å². The monoisotopic (exact) mass is 516 g/mol. The van der Waals surface area contributed by atoms with E-state index in [-0.39, 0.29) is 45.6 Å². The number of aliphatic hydroxyl groups excluding tert-OH is 4. The van der Waals surface area contributed by atoms with Crippen LogP contribution in [-0.4, -0.2) is 73.1 Å². The van der Waals surface area contributed by atoms with E-state index < -0.39 is 54.4 Å². The van der Waals surface area contributed by atoms with Crippen LogP contribution in [0.25, 0.3) is 22.1 Å². The second-order valence-corrected chi connectivity index (χ2v) is 9.04. The van der Waals surface area contributed by atoms with Crippen LogP contribution in [0.1, 0.15) is 19.4 Å². The van der Waals surface area contributed by atoms with Gasteiger partial charge in [0.15, 0.2) is 0 Å². The van der Waals surface area contributed by atoms with Crippen LogP contribution in [0.2, 0.25) is 0 Å². The zero-order valence-electron chi connectivity index (χ0n) is 20.0. The van der Waals surface area contributed by atoms with Gasteiger partial charge in [-0.3, -0.25) is 0 Å². The van der Waals surface area contributed by atoms with Gasteiger partial charge in [-0.05, 0) is 38.0 Å². The molecule has 2 aromatic carbocycles. The average molecular weight is 516 g/mol. The van der Waals surface area contributed by atoms with Gasteiger partial charge < -0.3 is 49.6 Å². The molecule has 0 aliphatic carbocycles. The molecular weight excluding hydrogens is 488 g/mol. The summed E-state index contributed by atoms with van der Waals surface area (Å²) in [5.41, 5.74) is -0.0937. The lowest BCUT2D eigenvalue weighted by Gasteiger charge is -2.39. The van der Waals surface area contributed by atoms with Gasteiger partial charge in [-0.2, -0.15) is 0 Å². The van der Waals surface area contributed by atoms with Gasteiger partial charge in [-0.25, -0.2) is 4.79 Å². The van der Waals surface area contributed by atoms with Gasteiger partial charge in [-0.15, -0.1) is 0 Å². The van der Waals surface area contributed by atoms with Crippen molar-refractivity contribution < 1.29 is 49.6 Å². The molecule has 1 aliphatic heterocycles. The highest BCUT2D eigenvalue weighted by Gasteiger charge is 2.45. The van der Waals surface area contributed by atoms with E-state index in [2.05, 4.69) is 0 Å². The molecule has 7 N–H and O–H groups in total. The molecule has 37 heavy (non-hydrogen) atoms. The van der Waals surface area contributed by atoms with Crippen molar-refractivity contribution in [3.63, 3.8) is 0 Å². The zero-order valence-corrected chi connectivity index (χ0v) is 20.0. The zero-order chi connectivity index (χ0) is 27.0. The van der Waals surface area contributed by atoms with E-state index in [9.17, 15) is 40.5 Å². The minimum atomic E-state index is -1.72. The number of phenolic OH excluding ortho intramolecular Hbond substituents is 2. The number of hydrogen-bond donors (Lipinski definition) is 7. The lowest BCUT2D eigenvalue weighted by Crippen LogP contribution is -2.60. The molecule has 0 radical (unpaired) electrons. The van der Waals surface area contributed by atoms with E-state index in [4.69, 9.17) is 13.9 Å². The number of benzene rings is 2. The Morgan fingerprint density at radius 3 is 2.30 bits per heavy atom.